The first-order chi connectivity index (χ1) is 12.0. The summed E-state index contributed by atoms with van der Waals surface area (Å²) in [6, 6.07) is 6.51. The number of hydrogen-bond acceptors (Lipinski definition) is 2. The Labute approximate surface area is 154 Å². The summed E-state index contributed by atoms with van der Waals surface area (Å²) in [7, 11) is 0. The summed E-state index contributed by atoms with van der Waals surface area (Å²) >= 11 is 5.73. The van der Waals surface area contributed by atoms with E-state index in [1.165, 1.54) is 37.8 Å². The van der Waals surface area contributed by atoms with Crippen LogP contribution in [0.1, 0.15) is 63.4 Å². The first-order valence-corrected chi connectivity index (χ1v) is 10.0. The van der Waals surface area contributed by atoms with Gasteiger partial charge in [-0.25, -0.2) is 4.39 Å². The van der Waals surface area contributed by atoms with E-state index >= 15 is 0 Å². The van der Waals surface area contributed by atoms with Crippen molar-refractivity contribution in [3.8, 4) is 0 Å². The zero-order valence-electron chi connectivity index (χ0n) is 14.6. The summed E-state index contributed by atoms with van der Waals surface area (Å²) in [5.74, 6) is -0.0280. The molecule has 25 heavy (non-hydrogen) atoms. The van der Waals surface area contributed by atoms with Crippen LogP contribution in [0.4, 0.5) is 4.39 Å². The molecule has 1 heterocycles. The maximum absolute atomic E-state index is 13.2. The molecule has 136 valence electrons. The Balaban J connectivity index is 1.66. The number of aliphatic hydroxyl groups is 1. The molecule has 3 fully saturated rings. The van der Waals surface area contributed by atoms with Gasteiger partial charge in [0.25, 0.3) is 0 Å². The topological polar surface area (TPSA) is 35.5 Å². The van der Waals surface area contributed by atoms with Gasteiger partial charge in [-0.3, -0.25) is 0 Å². The van der Waals surface area contributed by atoms with E-state index in [2.05, 4.69) is 5.32 Å². The fourth-order valence-corrected chi connectivity index (χ4v) is 5.79. The first-order valence-electron chi connectivity index (χ1n) is 9.60. The van der Waals surface area contributed by atoms with Gasteiger partial charge in [0.05, 0.1) is 0 Å². The normalized spacial score (nSPS) is 31.5. The Kier molecular flexibility index (Phi) is 4.49. The molecule has 2 N–H and O–H groups in total. The molecule has 1 aliphatic heterocycles. The van der Waals surface area contributed by atoms with Crippen LogP contribution in [0.25, 0.3) is 0 Å². The van der Waals surface area contributed by atoms with Crippen LogP contribution in [0.5, 0.6) is 0 Å². The largest absolute Gasteiger partial charge is 0.370 e. The molecule has 5 heteroatoms. The second kappa shape index (κ2) is 6.51. The zero-order chi connectivity index (χ0) is 17.5. The highest BCUT2D eigenvalue weighted by Crippen LogP contribution is 2.50. The predicted octanol–water partition coefficient (Wildman–Crippen LogP) is 4.10. The average molecular weight is 363 g/mol. The molecule has 2 atom stereocenters. The molecule has 0 aromatic heterocycles. The van der Waals surface area contributed by atoms with Gasteiger partial charge < -0.3 is 15.3 Å². The van der Waals surface area contributed by atoms with Crippen molar-refractivity contribution in [3.05, 3.63) is 35.6 Å². The van der Waals surface area contributed by atoms with E-state index in [1.54, 1.807) is 12.1 Å². The summed E-state index contributed by atoms with van der Waals surface area (Å²) in [6.45, 7) is 0.523. The summed E-state index contributed by atoms with van der Waals surface area (Å²) in [5, 5.41) is 16.1. The van der Waals surface area contributed by atoms with Crippen molar-refractivity contribution in [2.45, 2.75) is 75.6 Å². The van der Waals surface area contributed by atoms with E-state index in [9.17, 15) is 9.50 Å². The summed E-state index contributed by atoms with van der Waals surface area (Å²) in [4.78, 5) is 1.97. The minimum Gasteiger partial charge on any atom is -0.370 e. The molecule has 0 unspecified atom stereocenters. The summed E-state index contributed by atoms with van der Waals surface area (Å²) < 4.78 is 13.2. The van der Waals surface area contributed by atoms with Crippen molar-refractivity contribution in [1.82, 2.24) is 10.2 Å². The molecular weight excluding hydrogens is 335 g/mol. The highest BCUT2D eigenvalue weighted by Gasteiger charge is 2.58. The quantitative estimate of drug-likeness (QED) is 0.777. The SMILES string of the molecule is O[C@@]12CCCC[C@H]1C1(CCCCC1)NC(=S)N2Cc1ccc(F)cc1. The van der Waals surface area contributed by atoms with Crippen LogP contribution < -0.4 is 5.32 Å². The van der Waals surface area contributed by atoms with Crippen molar-refractivity contribution in [1.29, 1.82) is 0 Å². The van der Waals surface area contributed by atoms with E-state index in [1.807, 2.05) is 4.90 Å². The summed E-state index contributed by atoms with van der Waals surface area (Å²) in [5.41, 5.74) is 0.0544. The summed E-state index contributed by atoms with van der Waals surface area (Å²) in [6.07, 6.45) is 9.92. The van der Waals surface area contributed by atoms with Gasteiger partial charge in [0.2, 0.25) is 0 Å². The molecule has 4 rings (SSSR count). The van der Waals surface area contributed by atoms with E-state index < -0.39 is 5.72 Å². The lowest BCUT2D eigenvalue weighted by Crippen LogP contribution is -2.75. The van der Waals surface area contributed by atoms with Crippen LogP contribution in [0.3, 0.4) is 0 Å². The third kappa shape index (κ3) is 2.95. The van der Waals surface area contributed by atoms with Gasteiger partial charge >= 0.3 is 0 Å². The molecular formula is C20H27FN2OS. The van der Waals surface area contributed by atoms with Crippen LogP contribution >= 0.6 is 12.2 Å². The lowest BCUT2D eigenvalue weighted by Gasteiger charge is -2.61. The van der Waals surface area contributed by atoms with Crippen molar-refractivity contribution in [2.24, 2.45) is 5.92 Å². The molecule has 2 saturated carbocycles. The smallest absolute Gasteiger partial charge is 0.171 e. The Morgan fingerprint density at radius 3 is 2.48 bits per heavy atom. The second-order valence-electron chi connectivity index (χ2n) is 8.04. The number of nitrogens with zero attached hydrogens (tertiary/aromatic N) is 1. The highest BCUT2D eigenvalue weighted by molar-refractivity contribution is 7.80. The minimum atomic E-state index is -0.883. The molecule has 1 aromatic carbocycles. The first kappa shape index (κ1) is 17.2. The fourth-order valence-electron chi connectivity index (χ4n) is 5.36. The van der Waals surface area contributed by atoms with Gasteiger partial charge in [-0.15, -0.1) is 0 Å². The Morgan fingerprint density at radius 1 is 1.08 bits per heavy atom. The maximum atomic E-state index is 13.2. The monoisotopic (exact) mass is 362 g/mol. The molecule has 1 spiro atoms. The van der Waals surface area contributed by atoms with E-state index in [4.69, 9.17) is 12.2 Å². The Bertz CT molecular complexity index is 644. The molecule has 3 nitrogen and oxygen atoms in total. The molecule has 0 amide bonds. The van der Waals surface area contributed by atoms with E-state index in [0.29, 0.717) is 11.7 Å². The number of nitrogens with one attached hydrogen (secondary N) is 1. The van der Waals surface area contributed by atoms with Gasteiger partial charge in [-0.1, -0.05) is 37.8 Å². The van der Waals surface area contributed by atoms with Crippen LogP contribution in [-0.4, -0.2) is 26.4 Å². The molecule has 1 saturated heterocycles. The van der Waals surface area contributed by atoms with Crippen molar-refractivity contribution >= 4 is 17.3 Å². The Hall–Kier alpha value is -1.20. The van der Waals surface area contributed by atoms with Gasteiger partial charge in [0.15, 0.2) is 5.11 Å². The number of hydrogen-bond donors (Lipinski definition) is 2. The number of fused-ring (bicyclic) bond motifs is 2. The molecule has 3 aliphatic rings. The second-order valence-corrected chi connectivity index (χ2v) is 8.42. The predicted molar refractivity (Wildman–Crippen MR) is 100 cm³/mol. The fraction of sp³-hybridized carbons (Fsp3) is 0.650. The van der Waals surface area contributed by atoms with Gasteiger partial charge in [-0.05, 0) is 62.0 Å². The molecule has 0 radical (unpaired) electrons. The average Bonchev–Trinajstić information content (AvgIpc) is 2.61. The lowest BCUT2D eigenvalue weighted by molar-refractivity contribution is -0.184. The number of benzene rings is 1. The maximum Gasteiger partial charge on any atom is 0.171 e. The number of halogens is 1. The van der Waals surface area contributed by atoms with E-state index in [-0.39, 0.29) is 17.3 Å². The molecule has 0 bridgehead atoms. The van der Waals surface area contributed by atoms with E-state index in [0.717, 1.165) is 37.7 Å². The molecule has 2 aliphatic carbocycles. The van der Waals surface area contributed by atoms with Crippen molar-refractivity contribution in [2.75, 3.05) is 0 Å². The van der Waals surface area contributed by atoms with Crippen LogP contribution in [0, 0.1) is 11.7 Å². The highest BCUT2D eigenvalue weighted by atomic mass is 32.1. The third-order valence-electron chi connectivity index (χ3n) is 6.58. The van der Waals surface area contributed by atoms with Gasteiger partial charge in [-0.2, -0.15) is 0 Å². The zero-order valence-corrected chi connectivity index (χ0v) is 15.5. The lowest BCUT2D eigenvalue weighted by atomic mass is 9.62. The van der Waals surface area contributed by atoms with Crippen molar-refractivity contribution in [3.63, 3.8) is 0 Å². The Morgan fingerprint density at radius 2 is 1.76 bits per heavy atom. The van der Waals surface area contributed by atoms with Gasteiger partial charge in [0.1, 0.15) is 11.5 Å². The standard InChI is InChI=1S/C20H27FN2OS/c21-16-9-7-15(8-10-16)14-23-18(25)22-19(11-3-1-4-12-19)17-6-2-5-13-20(17,23)24/h7-10,17,24H,1-6,11-14H2,(H,22,25)/t17-,20-/m0/s1. The van der Waals surface area contributed by atoms with Crippen LogP contribution in [0.15, 0.2) is 24.3 Å². The molecule has 1 aromatic rings. The van der Waals surface area contributed by atoms with Crippen LogP contribution in [-0.2, 0) is 6.54 Å². The number of thiocarbonyl (C=S) groups is 1. The minimum absolute atomic E-state index is 0.0379. The van der Waals surface area contributed by atoms with Crippen molar-refractivity contribution < 1.29 is 9.50 Å². The third-order valence-corrected chi connectivity index (χ3v) is 6.90. The van der Waals surface area contributed by atoms with Crippen LogP contribution in [0.2, 0.25) is 0 Å². The number of rotatable bonds is 2. The van der Waals surface area contributed by atoms with Gasteiger partial charge in [0, 0.05) is 18.0 Å².